The first-order valence-electron chi connectivity index (χ1n) is 4.35. The van der Waals surface area contributed by atoms with E-state index in [0.717, 1.165) is 21.5 Å². The molecule has 0 atom stereocenters. The second kappa shape index (κ2) is 3.94. The van der Waals surface area contributed by atoms with Crippen molar-refractivity contribution in [1.29, 1.82) is 0 Å². The molecule has 0 aliphatic carbocycles. The summed E-state index contributed by atoms with van der Waals surface area (Å²) in [6.07, 6.45) is 1.59. The Labute approximate surface area is 95.6 Å². The standard InChI is InChI=1S/C10H10BrN3O/c1-15-9-4-6(2-3-7(9)11)10-8(12)5-13-14-10/h2-5H,12H2,1H3,(H,13,14). The highest BCUT2D eigenvalue weighted by Gasteiger charge is 2.07. The Hall–Kier alpha value is -1.49. The van der Waals surface area contributed by atoms with Crippen LogP contribution in [0, 0.1) is 0 Å². The molecule has 0 saturated carbocycles. The highest BCUT2D eigenvalue weighted by atomic mass is 79.9. The smallest absolute Gasteiger partial charge is 0.133 e. The van der Waals surface area contributed by atoms with Crippen LogP contribution in [0.1, 0.15) is 0 Å². The predicted octanol–water partition coefficient (Wildman–Crippen LogP) is 2.43. The first kappa shape index (κ1) is 10.0. The van der Waals surface area contributed by atoms with Crippen molar-refractivity contribution in [3.63, 3.8) is 0 Å². The van der Waals surface area contributed by atoms with Crippen molar-refractivity contribution in [2.75, 3.05) is 12.8 Å². The molecule has 1 aromatic heterocycles. The van der Waals surface area contributed by atoms with E-state index in [2.05, 4.69) is 26.1 Å². The van der Waals surface area contributed by atoms with Gasteiger partial charge in [-0.1, -0.05) is 6.07 Å². The minimum atomic E-state index is 0.624. The largest absolute Gasteiger partial charge is 0.496 e. The molecule has 0 unspecified atom stereocenters. The number of nitrogens with one attached hydrogen (secondary N) is 1. The van der Waals surface area contributed by atoms with Gasteiger partial charge >= 0.3 is 0 Å². The Kier molecular flexibility index (Phi) is 2.64. The van der Waals surface area contributed by atoms with Gasteiger partial charge in [-0.2, -0.15) is 5.10 Å². The van der Waals surface area contributed by atoms with E-state index in [1.54, 1.807) is 13.3 Å². The van der Waals surface area contributed by atoms with Gasteiger partial charge < -0.3 is 10.5 Å². The molecule has 4 nitrogen and oxygen atoms in total. The summed E-state index contributed by atoms with van der Waals surface area (Å²) in [5.41, 5.74) is 8.14. The summed E-state index contributed by atoms with van der Waals surface area (Å²) in [5.74, 6) is 0.765. The third kappa shape index (κ3) is 1.83. The van der Waals surface area contributed by atoms with Crippen molar-refractivity contribution in [2.24, 2.45) is 0 Å². The van der Waals surface area contributed by atoms with Crippen molar-refractivity contribution in [2.45, 2.75) is 0 Å². The Morgan fingerprint density at radius 1 is 1.47 bits per heavy atom. The minimum Gasteiger partial charge on any atom is -0.496 e. The molecule has 2 rings (SSSR count). The van der Waals surface area contributed by atoms with E-state index in [1.807, 2.05) is 18.2 Å². The molecule has 15 heavy (non-hydrogen) atoms. The number of anilines is 1. The Morgan fingerprint density at radius 3 is 2.87 bits per heavy atom. The number of nitrogens with two attached hydrogens (primary N) is 1. The average molecular weight is 268 g/mol. The van der Waals surface area contributed by atoms with Gasteiger partial charge in [-0.05, 0) is 28.1 Å². The molecule has 0 radical (unpaired) electrons. The number of aromatic nitrogens is 2. The lowest BCUT2D eigenvalue weighted by Gasteiger charge is -2.05. The molecule has 2 aromatic rings. The second-order valence-corrected chi connectivity index (χ2v) is 3.90. The van der Waals surface area contributed by atoms with Crippen molar-refractivity contribution in [3.05, 3.63) is 28.9 Å². The van der Waals surface area contributed by atoms with Crippen LogP contribution >= 0.6 is 15.9 Å². The SMILES string of the molecule is COc1cc(-c2[nH]ncc2N)ccc1Br. The van der Waals surface area contributed by atoms with Gasteiger partial charge in [-0.25, -0.2) is 0 Å². The molecule has 0 bridgehead atoms. The number of benzene rings is 1. The van der Waals surface area contributed by atoms with Gasteiger partial charge in [-0.3, -0.25) is 5.10 Å². The highest BCUT2D eigenvalue weighted by molar-refractivity contribution is 9.10. The number of methoxy groups -OCH3 is 1. The number of H-pyrrole nitrogens is 1. The van der Waals surface area contributed by atoms with Gasteiger partial charge in [0.05, 0.1) is 29.2 Å². The average Bonchev–Trinajstić information content (AvgIpc) is 2.65. The lowest BCUT2D eigenvalue weighted by atomic mass is 10.1. The summed E-state index contributed by atoms with van der Waals surface area (Å²) in [4.78, 5) is 0. The summed E-state index contributed by atoms with van der Waals surface area (Å²) in [7, 11) is 1.63. The molecule has 0 aliphatic heterocycles. The predicted molar refractivity (Wildman–Crippen MR) is 62.7 cm³/mol. The van der Waals surface area contributed by atoms with E-state index in [1.165, 1.54) is 0 Å². The number of hydrogen-bond acceptors (Lipinski definition) is 3. The second-order valence-electron chi connectivity index (χ2n) is 3.05. The van der Waals surface area contributed by atoms with Crippen LogP contribution in [0.5, 0.6) is 5.75 Å². The van der Waals surface area contributed by atoms with E-state index in [-0.39, 0.29) is 0 Å². The monoisotopic (exact) mass is 267 g/mol. The maximum Gasteiger partial charge on any atom is 0.133 e. The van der Waals surface area contributed by atoms with Crippen molar-refractivity contribution < 1.29 is 4.74 Å². The first-order chi connectivity index (χ1) is 7.22. The topological polar surface area (TPSA) is 63.9 Å². The Morgan fingerprint density at radius 2 is 2.27 bits per heavy atom. The number of halogens is 1. The van der Waals surface area contributed by atoms with Crippen LogP contribution in [0.25, 0.3) is 11.3 Å². The van der Waals surface area contributed by atoms with E-state index in [4.69, 9.17) is 10.5 Å². The summed E-state index contributed by atoms with van der Waals surface area (Å²) < 4.78 is 6.11. The minimum absolute atomic E-state index is 0.624. The van der Waals surface area contributed by atoms with E-state index >= 15 is 0 Å². The molecule has 1 heterocycles. The van der Waals surface area contributed by atoms with E-state index < -0.39 is 0 Å². The molecule has 0 amide bonds. The zero-order chi connectivity index (χ0) is 10.8. The van der Waals surface area contributed by atoms with Crippen molar-refractivity contribution >= 4 is 21.6 Å². The van der Waals surface area contributed by atoms with Gasteiger partial charge in [0.2, 0.25) is 0 Å². The number of hydrogen-bond donors (Lipinski definition) is 2. The van der Waals surface area contributed by atoms with Gasteiger partial charge in [0, 0.05) is 5.56 Å². The normalized spacial score (nSPS) is 10.3. The van der Waals surface area contributed by atoms with Gasteiger partial charge in [-0.15, -0.1) is 0 Å². The summed E-state index contributed by atoms with van der Waals surface area (Å²) in [6, 6.07) is 5.75. The van der Waals surface area contributed by atoms with Crippen LogP contribution in [0.15, 0.2) is 28.9 Å². The van der Waals surface area contributed by atoms with Gasteiger partial charge in [0.15, 0.2) is 0 Å². The lowest BCUT2D eigenvalue weighted by Crippen LogP contribution is -1.89. The summed E-state index contributed by atoms with van der Waals surface area (Å²) in [5, 5.41) is 6.72. The fourth-order valence-electron chi connectivity index (χ4n) is 1.34. The summed E-state index contributed by atoms with van der Waals surface area (Å²) in [6.45, 7) is 0. The molecule has 0 aliphatic rings. The molecular weight excluding hydrogens is 258 g/mol. The zero-order valence-electron chi connectivity index (χ0n) is 8.12. The van der Waals surface area contributed by atoms with E-state index in [9.17, 15) is 0 Å². The first-order valence-corrected chi connectivity index (χ1v) is 5.14. The van der Waals surface area contributed by atoms with E-state index in [0.29, 0.717) is 5.69 Å². The Balaban J connectivity index is 2.51. The van der Waals surface area contributed by atoms with Crippen molar-refractivity contribution in [1.82, 2.24) is 10.2 Å². The van der Waals surface area contributed by atoms with Crippen LogP contribution in [-0.4, -0.2) is 17.3 Å². The number of aromatic amines is 1. The maximum atomic E-state index is 5.76. The lowest BCUT2D eigenvalue weighted by molar-refractivity contribution is 0.412. The third-order valence-electron chi connectivity index (χ3n) is 2.11. The fourth-order valence-corrected chi connectivity index (χ4v) is 1.75. The van der Waals surface area contributed by atoms with Crippen molar-refractivity contribution in [3.8, 4) is 17.0 Å². The maximum absolute atomic E-state index is 5.76. The van der Waals surface area contributed by atoms with Gasteiger partial charge in [0.1, 0.15) is 5.75 Å². The molecular formula is C10H10BrN3O. The number of ether oxygens (including phenoxy) is 1. The molecule has 3 N–H and O–H groups in total. The Bertz CT molecular complexity index is 481. The number of nitrogen functional groups attached to an aromatic ring is 1. The van der Waals surface area contributed by atoms with Crippen LogP contribution in [0.3, 0.4) is 0 Å². The quantitative estimate of drug-likeness (QED) is 0.879. The molecule has 5 heteroatoms. The fraction of sp³-hybridized carbons (Fsp3) is 0.100. The molecule has 0 saturated heterocycles. The van der Waals surface area contributed by atoms with Crippen LogP contribution in [0.4, 0.5) is 5.69 Å². The van der Waals surface area contributed by atoms with Gasteiger partial charge in [0.25, 0.3) is 0 Å². The molecule has 0 spiro atoms. The van der Waals surface area contributed by atoms with Crippen LogP contribution < -0.4 is 10.5 Å². The number of nitrogens with zero attached hydrogens (tertiary/aromatic N) is 1. The zero-order valence-corrected chi connectivity index (χ0v) is 9.71. The van der Waals surface area contributed by atoms with Crippen LogP contribution in [-0.2, 0) is 0 Å². The van der Waals surface area contributed by atoms with Crippen LogP contribution in [0.2, 0.25) is 0 Å². The number of rotatable bonds is 2. The molecule has 0 fully saturated rings. The highest BCUT2D eigenvalue weighted by Crippen LogP contribution is 2.31. The third-order valence-corrected chi connectivity index (χ3v) is 2.76. The molecule has 1 aromatic carbocycles. The summed E-state index contributed by atoms with van der Waals surface area (Å²) >= 11 is 3.39. The molecule has 78 valence electrons.